The number of carbonyl (C=O) groups excluding carboxylic acids is 1. The van der Waals surface area contributed by atoms with Crippen molar-refractivity contribution in [2.24, 2.45) is 0 Å². The van der Waals surface area contributed by atoms with E-state index in [1.165, 1.54) is 0 Å². The summed E-state index contributed by atoms with van der Waals surface area (Å²) >= 11 is 6.14. The van der Waals surface area contributed by atoms with E-state index in [0.717, 1.165) is 24.8 Å². The Kier molecular flexibility index (Phi) is 3.27. The second-order valence-electron chi connectivity index (χ2n) is 5.13. The lowest BCUT2D eigenvalue weighted by Crippen LogP contribution is -2.60. The Hall–Kier alpha value is -1.06. The summed E-state index contributed by atoms with van der Waals surface area (Å²) in [4.78, 5) is 12.2. The average Bonchev–Trinajstić information content (AvgIpc) is 2.39. The number of hydrogen-bond donors (Lipinski definition) is 2. The fraction of sp³-hybridized carbons (Fsp3) is 0.500. The molecule has 0 aromatic heterocycles. The number of hydrogen-bond acceptors (Lipinski definition) is 2. The molecule has 0 radical (unpaired) electrons. The van der Waals surface area contributed by atoms with Gasteiger partial charge in [0.15, 0.2) is 0 Å². The van der Waals surface area contributed by atoms with Gasteiger partial charge in [-0.05, 0) is 24.8 Å². The minimum absolute atomic E-state index is 0.0395. The number of carbonyl (C=O) groups is 1. The van der Waals surface area contributed by atoms with Crippen molar-refractivity contribution < 1.29 is 4.79 Å². The van der Waals surface area contributed by atoms with Crippen molar-refractivity contribution in [2.45, 2.75) is 42.8 Å². The quantitative estimate of drug-likeness (QED) is 0.602. The molecule has 0 saturated carbocycles. The number of alkyl halides is 1. The summed E-state index contributed by atoms with van der Waals surface area (Å²) in [7, 11) is 0. The highest BCUT2D eigenvalue weighted by Gasteiger charge is 2.39. The van der Waals surface area contributed by atoms with Crippen molar-refractivity contribution in [1.82, 2.24) is 10.6 Å². The zero-order valence-electron chi connectivity index (χ0n) is 10.1. The van der Waals surface area contributed by atoms with Crippen LogP contribution < -0.4 is 10.6 Å². The van der Waals surface area contributed by atoms with E-state index in [9.17, 15) is 4.79 Å². The molecular formula is C14H17ClN2O. The minimum Gasteiger partial charge on any atom is -0.351 e. The Morgan fingerprint density at radius 2 is 1.89 bits per heavy atom. The maximum Gasteiger partial charge on any atom is 0.227 e. The molecule has 3 rings (SSSR count). The number of nitrogens with one attached hydrogen (secondary N) is 2. The van der Waals surface area contributed by atoms with Crippen LogP contribution in [-0.4, -0.2) is 23.5 Å². The number of halogens is 1. The Labute approximate surface area is 112 Å². The van der Waals surface area contributed by atoms with Crippen LogP contribution in [0.1, 0.15) is 30.7 Å². The van der Waals surface area contributed by atoms with E-state index < -0.39 is 0 Å². The first-order chi connectivity index (χ1) is 8.74. The minimum atomic E-state index is -0.0538. The molecule has 2 aliphatic heterocycles. The highest BCUT2D eigenvalue weighted by Crippen LogP contribution is 2.30. The highest BCUT2D eigenvalue weighted by molar-refractivity contribution is 6.20. The van der Waals surface area contributed by atoms with Crippen LogP contribution in [0, 0.1) is 0 Å². The molecule has 96 valence electrons. The molecular weight excluding hydrogens is 248 g/mol. The SMILES string of the molecule is O=C1NC2CCC(Cl)NC2CC1c1ccccc1. The molecule has 1 aromatic carbocycles. The van der Waals surface area contributed by atoms with Crippen LogP contribution in [0.5, 0.6) is 0 Å². The number of amides is 1. The molecule has 4 atom stereocenters. The second-order valence-corrected chi connectivity index (χ2v) is 5.66. The molecule has 2 aliphatic rings. The van der Waals surface area contributed by atoms with Gasteiger partial charge >= 0.3 is 0 Å². The van der Waals surface area contributed by atoms with Crippen LogP contribution in [0.15, 0.2) is 30.3 Å². The average molecular weight is 265 g/mol. The van der Waals surface area contributed by atoms with Gasteiger partial charge in [0.2, 0.25) is 5.91 Å². The number of piperidine rings is 2. The van der Waals surface area contributed by atoms with Gasteiger partial charge in [-0.2, -0.15) is 0 Å². The number of rotatable bonds is 1. The van der Waals surface area contributed by atoms with E-state index >= 15 is 0 Å². The molecule has 0 bridgehead atoms. The zero-order valence-corrected chi connectivity index (χ0v) is 10.9. The summed E-state index contributed by atoms with van der Waals surface area (Å²) < 4.78 is 0. The van der Waals surface area contributed by atoms with Crippen LogP contribution in [0.2, 0.25) is 0 Å². The second kappa shape index (κ2) is 4.90. The largest absolute Gasteiger partial charge is 0.351 e. The van der Waals surface area contributed by atoms with Crippen LogP contribution >= 0.6 is 11.6 Å². The summed E-state index contributed by atoms with van der Waals surface area (Å²) in [5, 5.41) is 6.52. The molecule has 0 aliphatic carbocycles. The summed E-state index contributed by atoms with van der Waals surface area (Å²) in [5.74, 6) is 0.0965. The van der Waals surface area contributed by atoms with Crippen molar-refractivity contribution >= 4 is 17.5 Å². The lowest BCUT2D eigenvalue weighted by Gasteiger charge is -2.41. The molecule has 2 fully saturated rings. The van der Waals surface area contributed by atoms with E-state index in [2.05, 4.69) is 10.6 Å². The van der Waals surface area contributed by atoms with Gasteiger partial charge in [-0.3, -0.25) is 10.1 Å². The molecule has 3 nitrogen and oxygen atoms in total. The maximum absolute atomic E-state index is 12.2. The number of benzene rings is 1. The highest BCUT2D eigenvalue weighted by atomic mass is 35.5. The van der Waals surface area contributed by atoms with E-state index in [-0.39, 0.29) is 23.4 Å². The van der Waals surface area contributed by atoms with Crippen molar-refractivity contribution in [2.75, 3.05) is 0 Å². The fourth-order valence-electron chi connectivity index (χ4n) is 2.98. The Morgan fingerprint density at radius 1 is 1.11 bits per heavy atom. The van der Waals surface area contributed by atoms with Gasteiger partial charge in [0.25, 0.3) is 0 Å². The number of fused-ring (bicyclic) bond motifs is 1. The fourth-order valence-corrected chi connectivity index (χ4v) is 3.27. The third-order valence-electron chi connectivity index (χ3n) is 3.95. The first-order valence-electron chi connectivity index (χ1n) is 6.49. The lowest BCUT2D eigenvalue weighted by atomic mass is 9.82. The third-order valence-corrected chi connectivity index (χ3v) is 4.29. The van der Waals surface area contributed by atoms with E-state index in [4.69, 9.17) is 11.6 Å². The predicted octanol–water partition coefficient (Wildman–Crippen LogP) is 1.98. The maximum atomic E-state index is 12.2. The predicted molar refractivity (Wildman–Crippen MR) is 71.5 cm³/mol. The van der Waals surface area contributed by atoms with E-state index in [1.807, 2.05) is 30.3 Å². The van der Waals surface area contributed by atoms with Gasteiger partial charge in [-0.15, -0.1) is 11.6 Å². The molecule has 2 saturated heterocycles. The van der Waals surface area contributed by atoms with Crippen molar-refractivity contribution in [3.05, 3.63) is 35.9 Å². The molecule has 1 amide bonds. The Morgan fingerprint density at radius 3 is 2.67 bits per heavy atom. The van der Waals surface area contributed by atoms with Crippen LogP contribution in [-0.2, 0) is 4.79 Å². The smallest absolute Gasteiger partial charge is 0.227 e. The zero-order chi connectivity index (χ0) is 12.5. The normalized spacial score (nSPS) is 35.7. The van der Waals surface area contributed by atoms with E-state index in [0.29, 0.717) is 6.04 Å². The van der Waals surface area contributed by atoms with Crippen molar-refractivity contribution in [1.29, 1.82) is 0 Å². The van der Waals surface area contributed by atoms with Gasteiger partial charge in [0, 0.05) is 12.1 Å². The molecule has 2 heterocycles. The Bertz CT molecular complexity index is 437. The van der Waals surface area contributed by atoms with Crippen LogP contribution in [0.25, 0.3) is 0 Å². The first-order valence-corrected chi connectivity index (χ1v) is 6.93. The summed E-state index contributed by atoms with van der Waals surface area (Å²) in [6.07, 6.45) is 2.72. The van der Waals surface area contributed by atoms with Crippen LogP contribution in [0.3, 0.4) is 0 Å². The summed E-state index contributed by atoms with van der Waals surface area (Å²) in [6, 6.07) is 10.5. The summed E-state index contributed by atoms with van der Waals surface area (Å²) in [6.45, 7) is 0. The van der Waals surface area contributed by atoms with Gasteiger partial charge in [0.1, 0.15) is 0 Å². The molecule has 1 aromatic rings. The Balaban J connectivity index is 1.79. The molecule has 4 heteroatoms. The van der Waals surface area contributed by atoms with Gasteiger partial charge < -0.3 is 5.32 Å². The van der Waals surface area contributed by atoms with E-state index in [1.54, 1.807) is 0 Å². The molecule has 2 N–H and O–H groups in total. The topological polar surface area (TPSA) is 41.1 Å². The molecule has 18 heavy (non-hydrogen) atoms. The van der Waals surface area contributed by atoms with Crippen molar-refractivity contribution in [3.63, 3.8) is 0 Å². The standard InChI is InChI=1S/C14H17ClN2O/c15-13-7-6-11-12(16-13)8-10(14(18)17-11)9-4-2-1-3-5-9/h1-5,10-13,16H,6-8H2,(H,17,18). The molecule has 0 spiro atoms. The van der Waals surface area contributed by atoms with Crippen LogP contribution in [0.4, 0.5) is 0 Å². The monoisotopic (exact) mass is 264 g/mol. The first kappa shape index (κ1) is 12.0. The van der Waals surface area contributed by atoms with Crippen molar-refractivity contribution in [3.8, 4) is 0 Å². The van der Waals surface area contributed by atoms with Gasteiger partial charge in [-0.1, -0.05) is 30.3 Å². The van der Waals surface area contributed by atoms with Gasteiger partial charge in [-0.25, -0.2) is 0 Å². The lowest BCUT2D eigenvalue weighted by molar-refractivity contribution is -0.126. The summed E-state index contributed by atoms with van der Waals surface area (Å²) in [5.41, 5.74) is 1.13. The molecule has 4 unspecified atom stereocenters. The van der Waals surface area contributed by atoms with Gasteiger partial charge in [0.05, 0.1) is 11.4 Å². The third kappa shape index (κ3) is 2.25.